The van der Waals surface area contributed by atoms with Crippen LogP contribution in [0.4, 0.5) is 16.0 Å². The number of nitrogens with zero attached hydrogens (tertiary/aromatic N) is 4. The van der Waals surface area contributed by atoms with E-state index in [2.05, 4.69) is 25.6 Å². The Kier molecular flexibility index (Phi) is 5.14. The molecule has 0 bridgehead atoms. The molecule has 4 N–H and O–H groups in total. The third-order valence-corrected chi connectivity index (χ3v) is 5.05. The zero-order valence-corrected chi connectivity index (χ0v) is 16.3. The Morgan fingerprint density at radius 3 is 2.90 bits per heavy atom. The summed E-state index contributed by atoms with van der Waals surface area (Å²) in [6.45, 7) is 2.40. The molecule has 1 amide bonds. The molecule has 1 fully saturated rings. The van der Waals surface area contributed by atoms with Crippen LogP contribution >= 0.6 is 0 Å². The van der Waals surface area contributed by atoms with Crippen LogP contribution < -0.4 is 16.4 Å². The molecule has 0 aliphatic heterocycles. The summed E-state index contributed by atoms with van der Waals surface area (Å²) >= 11 is 0. The zero-order chi connectivity index (χ0) is 21.3. The Labute approximate surface area is 172 Å². The van der Waals surface area contributed by atoms with Crippen molar-refractivity contribution >= 4 is 28.4 Å². The normalized spacial score (nSPS) is 14.2. The number of aromatic nitrogens is 3. The van der Waals surface area contributed by atoms with E-state index in [-0.39, 0.29) is 23.1 Å². The van der Waals surface area contributed by atoms with Gasteiger partial charge in [-0.15, -0.1) is 0 Å². The van der Waals surface area contributed by atoms with Gasteiger partial charge in [0.2, 0.25) is 0 Å². The largest absolute Gasteiger partial charge is 0.382 e. The number of halogens is 1. The van der Waals surface area contributed by atoms with Crippen LogP contribution in [-0.2, 0) is 0 Å². The molecule has 0 saturated heterocycles. The maximum absolute atomic E-state index is 13.7. The van der Waals surface area contributed by atoms with Crippen LogP contribution in [0, 0.1) is 23.1 Å². The van der Waals surface area contributed by atoms with Crippen molar-refractivity contribution in [3.05, 3.63) is 53.2 Å². The third-order valence-electron chi connectivity index (χ3n) is 5.05. The molecule has 2 aromatic heterocycles. The minimum absolute atomic E-state index is 0.0616. The van der Waals surface area contributed by atoms with E-state index in [1.54, 1.807) is 19.1 Å². The van der Waals surface area contributed by atoms with Crippen molar-refractivity contribution in [1.29, 1.82) is 5.26 Å². The first kappa shape index (κ1) is 19.5. The fraction of sp³-hybridized carbons (Fsp3) is 0.286. The lowest BCUT2D eigenvalue weighted by molar-refractivity contribution is 0.0950. The highest BCUT2D eigenvalue weighted by atomic mass is 19.1. The number of hydrogen-bond acceptors (Lipinski definition) is 7. The minimum Gasteiger partial charge on any atom is -0.382 e. The first-order valence-corrected chi connectivity index (χ1v) is 9.61. The molecule has 1 aromatic carbocycles. The Morgan fingerprint density at radius 1 is 1.37 bits per heavy atom. The van der Waals surface area contributed by atoms with Crippen molar-refractivity contribution in [2.75, 3.05) is 17.6 Å². The summed E-state index contributed by atoms with van der Waals surface area (Å²) in [4.78, 5) is 25.4. The third kappa shape index (κ3) is 3.98. The van der Waals surface area contributed by atoms with Crippen LogP contribution in [0.2, 0.25) is 0 Å². The second-order valence-electron chi connectivity index (χ2n) is 7.37. The highest BCUT2D eigenvalue weighted by molar-refractivity contribution is 5.99. The lowest BCUT2D eigenvalue weighted by atomic mass is 10.0. The van der Waals surface area contributed by atoms with Crippen LogP contribution in [0.15, 0.2) is 30.6 Å². The standard InChI is InChI=1S/C21H20FN7O/c1-11(28-20-16(8-23)19(24)26-10-27-20)18-15(21(30)25-9-12-2-3-12)7-13-6-14(22)4-5-17(13)29-18/h4-7,10-12H,2-3,9H2,1H3,(H,25,30)(H3,24,26,27,28). The van der Waals surface area contributed by atoms with E-state index in [4.69, 9.17) is 5.73 Å². The number of anilines is 2. The number of nitrogens with two attached hydrogens (primary N) is 1. The number of carbonyl (C=O) groups is 1. The predicted molar refractivity (Wildman–Crippen MR) is 110 cm³/mol. The van der Waals surface area contributed by atoms with Gasteiger partial charge in [-0.3, -0.25) is 4.79 Å². The molecule has 1 unspecified atom stereocenters. The topological polar surface area (TPSA) is 130 Å². The second-order valence-corrected chi connectivity index (χ2v) is 7.37. The number of fused-ring (bicyclic) bond motifs is 1. The van der Waals surface area contributed by atoms with Gasteiger partial charge in [0.1, 0.15) is 35.4 Å². The highest BCUT2D eigenvalue weighted by Gasteiger charge is 2.25. The Hall–Kier alpha value is -3.80. The molecule has 9 heteroatoms. The van der Waals surface area contributed by atoms with E-state index in [0.717, 1.165) is 12.8 Å². The summed E-state index contributed by atoms with van der Waals surface area (Å²) < 4.78 is 13.7. The van der Waals surface area contributed by atoms with Gasteiger partial charge in [0, 0.05) is 11.9 Å². The first-order valence-electron chi connectivity index (χ1n) is 9.61. The van der Waals surface area contributed by atoms with Crippen molar-refractivity contribution in [1.82, 2.24) is 20.3 Å². The van der Waals surface area contributed by atoms with Crippen molar-refractivity contribution in [2.45, 2.75) is 25.8 Å². The number of pyridine rings is 1. The van der Waals surface area contributed by atoms with E-state index in [1.165, 1.54) is 18.5 Å². The monoisotopic (exact) mass is 405 g/mol. The molecule has 1 atom stereocenters. The van der Waals surface area contributed by atoms with Gasteiger partial charge in [-0.05, 0) is 49.9 Å². The summed E-state index contributed by atoms with van der Waals surface area (Å²) in [5, 5.41) is 15.9. The zero-order valence-electron chi connectivity index (χ0n) is 16.3. The fourth-order valence-electron chi connectivity index (χ4n) is 3.22. The lowest BCUT2D eigenvalue weighted by Gasteiger charge is -2.19. The maximum atomic E-state index is 13.7. The molecular weight excluding hydrogens is 385 g/mol. The second kappa shape index (κ2) is 7.91. The van der Waals surface area contributed by atoms with E-state index < -0.39 is 11.9 Å². The van der Waals surface area contributed by atoms with Gasteiger partial charge in [0.05, 0.1) is 22.8 Å². The molecule has 4 rings (SSSR count). The first-order chi connectivity index (χ1) is 14.5. The van der Waals surface area contributed by atoms with Crippen molar-refractivity contribution in [3.8, 4) is 6.07 Å². The van der Waals surface area contributed by atoms with Gasteiger partial charge in [-0.1, -0.05) is 0 Å². The number of benzene rings is 1. The molecule has 1 aliphatic rings. The van der Waals surface area contributed by atoms with Gasteiger partial charge in [0.25, 0.3) is 5.91 Å². The number of nitrogens with one attached hydrogen (secondary N) is 2. The van der Waals surface area contributed by atoms with Crippen LogP contribution in [0.25, 0.3) is 10.9 Å². The average molecular weight is 405 g/mol. The van der Waals surface area contributed by atoms with E-state index in [1.807, 2.05) is 6.07 Å². The molecule has 1 aliphatic carbocycles. The number of nitriles is 1. The summed E-state index contributed by atoms with van der Waals surface area (Å²) in [7, 11) is 0. The lowest BCUT2D eigenvalue weighted by Crippen LogP contribution is -2.28. The number of nitrogen functional groups attached to an aromatic ring is 1. The number of carbonyl (C=O) groups excluding carboxylic acids is 1. The minimum atomic E-state index is -0.484. The Morgan fingerprint density at radius 2 is 2.17 bits per heavy atom. The van der Waals surface area contributed by atoms with Crippen LogP contribution in [0.3, 0.4) is 0 Å². The SMILES string of the molecule is CC(Nc1ncnc(N)c1C#N)c1nc2ccc(F)cc2cc1C(=O)NCC1CC1. The highest BCUT2D eigenvalue weighted by Crippen LogP contribution is 2.29. The van der Waals surface area contributed by atoms with Gasteiger partial charge in [-0.25, -0.2) is 19.3 Å². The Balaban J connectivity index is 1.72. The average Bonchev–Trinajstić information content (AvgIpc) is 3.55. The molecule has 30 heavy (non-hydrogen) atoms. The summed E-state index contributed by atoms with van der Waals surface area (Å²) in [6.07, 6.45) is 3.47. The van der Waals surface area contributed by atoms with Gasteiger partial charge in [-0.2, -0.15) is 5.26 Å². The molecule has 0 radical (unpaired) electrons. The smallest absolute Gasteiger partial charge is 0.253 e. The number of rotatable bonds is 6. The number of hydrogen-bond donors (Lipinski definition) is 3. The maximum Gasteiger partial charge on any atom is 0.253 e. The van der Waals surface area contributed by atoms with Crippen molar-refractivity contribution < 1.29 is 9.18 Å². The molecular formula is C21H20FN7O. The molecule has 0 spiro atoms. The summed E-state index contributed by atoms with van der Waals surface area (Å²) in [6, 6.07) is 7.37. The van der Waals surface area contributed by atoms with Gasteiger partial charge in [0.15, 0.2) is 0 Å². The molecule has 152 valence electrons. The van der Waals surface area contributed by atoms with Crippen LogP contribution in [-0.4, -0.2) is 27.4 Å². The van der Waals surface area contributed by atoms with Gasteiger partial charge < -0.3 is 16.4 Å². The van der Waals surface area contributed by atoms with Crippen molar-refractivity contribution in [2.24, 2.45) is 5.92 Å². The number of amides is 1. The molecule has 1 saturated carbocycles. The van der Waals surface area contributed by atoms with Crippen molar-refractivity contribution in [3.63, 3.8) is 0 Å². The molecule has 2 heterocycles. The quantitative estimate of drug-likeness (QED) is 0.575. The van der Waals surface area contributed by atoms with Crippen LogP contribution in [0.1, 0.15) is 47.4 Å². The van der Waals surface area contributed by atoms with Crippen LogP contribution in [0.5, 0.6) is 0 Å². The summed E-state index contributed by atoms with van der Waals surface area (Å²) in [5.74, 6) is 0.157. The van der Waals surface area contributed by atoms with E-state index >= 15 is 0 Å². The Bertz CT molecular complexity index is 1170. The van der Waals surface area contributed by atoms with E-state index in [0.29, 0.717) is 34.6 Å². The van der Waals surface area contributed by atoms with Gasteiger partial charge >= 0.3 is 0 Å². The molecule has 3 aromatic rings. The predicted octanol–water partition coefficient (Wildman–Crippen LogP) is 2.93. The fourth-order valence-corrected chi connectivity index (χ4v) is 3.22. The molecule has 8 nitrogen and oxygen atoms in total. The summed E-state index contributed by atoms with van der Waals surface area (Å²) in [5.41, 5.74) is 7.24. The van der Waals surface area contributed by atoms with E-state index in [9.17, 15) is 14.4 Å².